The second-order valence-electron chi connectivity index (χ2n) is 6.30. The summed E-state index contributed by atoms with van der Waals surface area (Å²) < 4.78 is 0. The van der Waals surface area contributed by atoms with Gasteiger partial charge >= 0.3 is 0 Å². The van der Waals surface area contributed by atoms with Crippen molar-refractivity contribution in [1.29, 1.82) is 0 Å². The lowest BCUT2D eigenvalue weighted by molar-refractivity contribution is 0.0968. The molecule has 2 rings (SSSR count). The molecule has 0 spiro atoms. The SMILES string of the molecule is CCc1ccc(C(N)CN2CCN(C(C)CC)CC2)cc1. The Hall–Kier alpha value is -0.900. The van der Waals surface area contributed by atoms with Crippen molar-refractivity contribution >= 4 is 0 Å². The number of piperazine rings is 1. The average Bonchev–Trinajstić information content (AvgIpc) is 2.55. The third-order valence-electron chi connectivity index (χ3n) is 4.89. The van der Waals surface area contributed by atoms with Gasteiger partial charge in [-0.2, -0.15) is 0 Å². The van der Waals surface area contributed by atoms with E-state index in [4.69, 9.17) is 5.73 Å². The second-order valence-corrected chi connectivity index (χ2v) is 6.30. The van der Waals surface area contributed by atoms with Crippen LogP contribution >= 0.6 is 0 Å². The number of hydrogen-bond acceptors (Lipinski definition) is 3. The van der Waals surface area contributed by atoms with Gasteiger partial charge in [-0.3, -0.25) is 9.80 Å². The fraction of sp³-hybridized carbons (Fsp3) is 0.667. The number of rotatable bonds is 6. The van der Waals surface area contributed by atoms with E-state index in [2.05, 4.69) is 54.8 Å². The highest BCUT2D eigenvalue weighted by molar-refractivity contribution is 5.25. The molecule has 0 saturated carbocycles. The maximum absolute atomic E-state index is 6.38. The summed E-state index contributed by atoms with van der Waals surface area (Å²) in [6.45, 7) is 12.4. The Morgan fingerprint density at radius 2 is 1.67 bits per heavy atom. The molecular formula is C18H31N3. The van der Waals surface area contributed by atoms with Crippen LogP contribution in [0.5, 0.6) is 0 Å². The first-order chi connectivity index (χ1) is 10.1. The molecule has 1 fully saturated rings. The number of hydrogen-bond donors (Lipinski definition) is 1. The van der Waals surface area contributed by atoms with Gasteiger partial charge in [0.25, 0.3) is 0 Å². The second kappa shape index (κ2) is 7.92. The molecule has 0 radical (unpaired) electrons. The van der Waals surface area contributed by atoms with E-state index >= 15 is 0 Å². The number of benzene rings is 1. The van der Waals surface area contributed by atoms with Crippen LogP contribution in [0.3, 0.4) is 0 Å². The van der Waals surface area contributed by atoms with Crippen LogP contribution in [0, 0.1) is 0 Å². The van der Waals surface area contributed by atoms with Gasteiger partial charge < -0.3 is 5.73 Å². The van der Waals surface area contributed by atoms with Crippen molar-refractivity contribution in [3.8, 4) is 0 Å². The third kappa shape index (κ3) is 4.53. The molecule has 1 aliphatic rings. The molecule has 1 aromatic rings. The predicted molar refractivity (Wildman–Crippen MR) is 90.5 cm³/mol. The van der Waals surface area contributed by atoms with Crippen molar-refractivity contribution in [1.82, 2.24) is 9.80 Å². The highest BCUT2D eigenvalue weighted by Crippen LogP contribution is 2.15. The molecule has 0 bridgehead atoms. The molecule has 3 nitrogen and oxygen atoms in total. The highest BCUT2D eigenvalue weighted by atomic mass is 15.3. The van der Waals surface area contributed by atoms with E-state index in [0.717, 1.165) is 26.1 Å². The quantitative estimate of drug-likeness (QED) is 0.874. The van der Waals surface area contributed by atoms with Crippen molar-refractivity contribution in [3.05, 3.63) is 35.4 Å². The van der Waals surface area contributed by atoms with Crippen LogP contribution in [0.4, 0.5) is 0 Å². The summed E-state index contributed by atoms with van der Waals surface area (Å²) >= 11 is 0. The Labute approximate surface area is 130 Å². The number of aryl methyl sites for hydroxylation is 1. The Balaban J connectivity index is 1.82. The van der Waals surface area contributed by atoms with Crippen molar-refractivity contribution in [2.45, 2.75) is 45.7 Å². The number of nitrogens with zero attached hydrogens (tertiary/aromatic N) is 2. The molecule has 21 heavy (non-hydrogen) atoms. The molecule has 1 aromatic carbocycles. The van der Waals surface area contributed by atoms with E-state index in [1.807, 2.05) is 0 Å². The largest absolute Gasteiger partial charge is 0.323 e. The third-order valence-corrected chi connectivity index (χ3v) is 4.89. The van der Waals surface area contributed by atoms with Crippen LogP contribution in [-0.4, -0.2) is 48.6 Å². The zero-order valence-corrected chi connectivity index (χ0v) is 13.9. The average molecular weight is 289 g/mol. The van der Waals surface area contributed by atoms with Crippen molar-refractivity contribution in [2.24, 2.45) is 5.73 Å². The minimum Gasteiger partial charge on any atom is -0.323 e. The van der Waals surface area contributed by atoms with Crippen LogP contribution in [0.1, 0.15) is 44.4 Å². The minimum absolute atomic E-state index is 0.131. The summed E-state index contributed by atoms with van der Waals surface area (Å²) in [5, 5.41) is 0. The van der Waals surface area contributed by atoms with Crippen LogP contribution in [0.2, 0.25) is 0 Å². The Morgan fingerprint density at radius 3 is 2.19 bits per heavy atom. The smallest absolute Gasteiger partial charge is 0.0424 e. The van der Waals surface area contributed by atoms with Crippen molar-refractivity contribution in [3.63, 3.8) is 0 Å². The maximum Gasteiger partial charge on any atom is 0.0424 e. The topological polar surface area (TPSA) is 32.5 Å². The summed E-state index contributed by atoms with van der Waals surface area (Å²) in [5.41, 5.74) is 9.03. The van der Waals surface area contributed by atoms with Gasteiger partial charge in [-0.15, -0.1) is 0 Å². The Kier molecular flexibility index (Phi) is 6.22. The van der Waals surface area contributed by atoms with E-state index in [0.29, 0.717) is 6.04 Å². The van der Waals surface area contributed by atoms with E-state index in [9.17, 15) is 0 Å². The van der Waals surface area contributed by atoms with E-state index < -0.39 is 0 Å². The van der Waals surface area contributed by atoms with E-state index in [1.54, 1.807) is 0 Å². The lowest BCUT2D eigenvalue weighted by atomic mass is 10.0. The van der Waals surface area contributed by atoms with Gasteiger partial charge in [0, 0.05) is 44.8 Å². The molecule has 1 saturated heterocycles. The van der Waals surface area contributed by atoms with Gasteiger partial charge in [-0.05, 0) is 30.9 Å². The summed E-state index contributed by atoms with van der Waals surface area (Å²) in [4.78, 5) is 5.11. The first kappa shape index (κ1) is 16.5. The molecule has 0 aliphatic carbocycles. The van der Waals surface area contributed by atoms with Gasteiger partial charge in [0.2, 0.25) is 0 Å². The van der Waals surface area contributed by atoms with Crippen LogP contribution in [0.15, 0.2) is 24.3 Å². The molecule has 1 heterocycles. The highest BCUT2D eigenvalue weighted by Gasteiger charge is 2.21. The summed E-state index contributed by atoms with van der Waals surface area (Å²) in [6, 6.07) is 9.64. The van der Waals surface area contributed by atoms with Gasteiger partial charge in [0.15, 0.2) is 0 Å². The molecule has 1 aliphatic heterocycles. The fourth-order valence-electron chi connectivity index (χ4n) is 3.03. The molecule has 2 N–H and O–H groups in total. The molecule has 118 valence electrons. The zero-order valence-electron chi connectivity index (χ0n) is 13.9. The van der Waals surface area contributed by atoms with Gasteiger partial charge in [-0.1, -0.05) is 38.1 Å². The zero-order chi connectivity index (χ0) is 15.2. The molecule has 3 heteroatoms. The van der Waals surface area contributed by atoms with Gasteiger partial charge in [0.1, 0.15) is 0 Å². The van der Waals surface area contributed by atoms with Crippen LogP contribution in [0.25, 0.3) is 0 Å². The monoisotopic (exact) mass is 289 g/mol. The minimum atomic E-state index is 0.131. The summed E-state index contributed by atoms with van der Waals surface area (Å²) in [6.07, 6.45) is 2.33. The first-order valence-corrected chi connectivity index (χ1v) is 8.44. The van der Waals surface area contributed by atoms with Crippen molar-refractivity contribution in [2.75, 3.05) is 32.7 Å². The van der Waals surface area contributed by atoms with Crippen molar-refractivity contribution < 1.29 is 0 Å². The molecule has 2 unspecified atom stereocenters. The first-order valence-electron chi connectivity index (χ1n) is 8.44. The van der Waals surface area contributed by atoms with Gasteiger partial charge in [0.05, 0.1) is 0 Å². The lowest BCUT2D eigenvalue weighted by Crippen LogP contribution is -2.50. The fourth-order valence-corrected chi connectivity index (χ4v) is 3.03. The molecule has 2 atom stereocenters. The standard InChI is InChI=1S/C18H31N3/c1-4-15(3)21-12-10-20(11-13-21)14-18(19)17-8-6-16(5-2)7-9-17/h6-9,15,18H,4-5,10-14,19H2,1-3H3. The Morgan fingerprint density at radius 1 is 1.05 bits per heavy atom. The maximum atomic E-state index is 6.38. The van der Waals surface area contributed by atoms with Crippen LogP contribution < -0.4 is 5.73 Å². The molecule has 0 aromatic heterocycles. The Bertz CT molecular complexity index is 407. The normalized spacial score (nSPS) is 20.4. The van der Waals surface area contributed by atoms with E-state index in [-0.39, 0.29) is 6.04 Å². The van der Waals surface area contributed by atoms with Crippen LogP contribution in [-0.2, 0) is 6.42 Å². The lowest BCUT2D eigenvalue weighted by Gasteiger charge is -2.38. The summed E-state index contributed by atoms with van der Waals surface area (Å²) in [5.74, 6) is 0. The predicted octanol–water partition coefficient (Wildman–Crippen LogP) is 2.66. The number of nitrogens with two attached hydrogens (primary N) is 1. The van der Waals surface area contributed by atoms with Gasteiger partial charge in [-0.25, -0.2) is 0 Å². The summed E-state index contributed by atoms with van der Waals surface area (Å²) in [7, 11) is 0. The molecular weight excluding hydrogens is 258 g/mol. The molecule has 0 amide bonds. The van der Waals surface area contributed by atoms with E-state index in [1.165, 1.54) is 30.6 Å².